The van der Waals surface area contributed by atoms with Gasteiger partial charge in [-0.25, -0.2) is 0 Å². The van der Waals surface area contributed by atoms with E-state index in [1.165, 1.54) is 43.0 Å². The van der Waals surface area contributed by atoms with E-state index in [9.17, 15) is 0 Å². The number of hydrogen-bond donors (Lipinski definition) is 0. The first-order chi connectivity index (χ1) is 21.0. The molecule has 0 spiro atoms. The maximum atomic E-state index is 7.29. The second-order valence-electron chi connectivity index (χ2n) is 11.0. The van der Waals surface area contributed by atoms with Gasteiger partial charge in [0, 0.05) is 10.6 Å². The van der Waals surface area contributed by atoms with Crippen LogP contribution < -0.4 is 36.6 Å². The number of aryl methyl sites for hydroxylation is 4. The fourth-order valence-corrected chi connectivity index (χ4v) is 10.8. The molecule has 0 aliphatic heterocycles. The van der Waals surface area contributed by atoms with Gasteiger partial charge < -0.3 is 4.74 Å². The van der Waals surface area contributed by atoms with E-state index < -0.39 is 15.8 Å². The largest absolute Gasteiger partial charge is 0.455 e. The van der Waals surface area contributed by atoms with E-state index in [2.05, 4.69) is 173 Å². The highest BCUT2D eigenvalue weighted by Gasteiger charge is 2.26. The first kappa shape index (κ1) is 29.1. The predicted molar refractivity (Wildman–Crippen MR) is 189 cm³/mol. The molecule has 6 aromatic rings. The van der Waals surface area contributed by atoms with Crippen molar-refractivity contribution in [3.63, 3.8) is 0 Å². The van der Waals surface area contributed by atoms with Crippen LogP contribution in [0.3, 0.4) is 0 Å². The van der Waals surface area contributed by atoms with Gasteiger partial charge >= 0.3 is 0 Å². The Hall–Kier alpha value is -4.02. The highest BCUT2D eigenvalue weighted by atomic mass is 31.1. The molecule has 0 atom stereocenters. The number of hydrogen-bond acceptors (Lipinski definition) is 1. The van der Waals surface area contributed by atoms with Crippen molar-refractivity contribution in [1.82, 2.24) is 0 Å². The Labute approximate surface area is 258 Å². The van der Waals surface area contributed by atoms with Crippen LogP contribution in [0.2, 0.25) is 0 Å². The summed E-state index contributed by atoms with van der Waals surface area (Å²) in [6.07, 6.45) is 0. The van der Waals surface area contributed by atoms with Crippen LogP contribution in [0.15, 0.2) is 146 Å². The Morgan fingerprint density at radius 2 is 0.651 bits per heavy atom. The Morgan fingerprint density at radius 1 is 0.372 bits per heavy atom. The summed E-state index contributed by atoms with van der Waals surface area (Å²) in [5.41, 5.74) is 4.81. The van der Waals surface area contributed by atoms with Crippen molar-refractivity contribution in [2.75, 3.05) is 0 Å². The first-order valence-corrected chi connectivity index (χ1v) is 17.4. The van der Waals surface area contributed by atoms with Crippen LogP contribution in [0.1, 0.15) is 22.3 Å². The predicted octanol–water partition coefficient (Wildman–Crippen LogP) is 8.23. The zero-order valence-electron chi connectivity index (χ0n) is 25.2. The van der Waals surface area contributed by atoms with Gasteiger partial charge in [0.05, 0.1) is 0 Å². The van der Waals surface area contributed by atoms with Gasteiger partial charge in [-0.3, -0.25) is 0 Å². The van der Waals surface area contributed by atoms with Crippen molar-refractivity contribution >= 4 is 47.7 Å². The summed E-state index contributed by atoms with van der Waals surface area (Å²) >= 11 is 0. The third kappa shape index (κ3) is 6.35. The Balaban J connectivity index is 1.57. The molecule has 0 saturated heterocycles. The zero-order chi connectivity index (χ0) is 29.8. The third-order valence-corrected chi connectivity index (χ3v) is 12.4. The fourth-order valence-electron chi connectivity index (χ4n) is 5.73. The number of ether oxygens (including phenoxy) is 1. The zero-order valence-corrected chi connectivity index (χ0v) is 26.9. The highest BCUT2D eigenvalue weighted by molar-refractivity contribution is 7.80. The molecule has 0 amide bonds. The SMILES string of the molecule is Cc1cc(C)c(Oc2c(C)cc(C)cc2P(c2ccccc2)c2ccccc2)c(P(c2ccccc2)c2ccccc2)c1. The molecule has 0 aliphatic carbocycles. The van der Waals surface area contributed by atoms with Crippen molar-refractivity contribution in [2.45, 2.75) is 27.7 Å². The van der Waals surface area contributed by atoms with Gasteiger partial charge in [-0.05, 0) is 99.1 Å². The summed E-state index contributed by atoms with van der Waals surface area (Å²) < 4.78 is 7.29. The molecule has 6 rings (SSSR count). The molecule has 1 nitrogen and oxygen atoms in total. The van der Waals surface area contributed by atoms with E-state index in [4.69, 9.17) is 4.74 Å². The lowest BCUT2D eigenvalue weighted by Gasteiger charge is -2.27. The number of rotatable bonds is 8. The van der Waals surface area contributed by atoms with Crippen molar-refractivity contribution in [3.05, 3.63) is 168 Å². The van der Waals surface area contributed by atoms with Crippen LogP contribution in [-0.4, -0.2) is 0 Å². The summed E-state index contributed by atoms with van der Waals surface area (Å²) in [5, 5.41) is 7.76. The molecule has 212 valence electrons. The molecule has 0 bridgehead atoms. The van der Waals surface area contributed by atoms with Gasteiger partial charge in [-0.2, -0.15) is 0 Å². The Bertz CT molecular complexity index is 1600. The smallest absolute Gasteiger partial charge is 0.138 e. The van der Waals surface area contributed by atoms with Crippen LogP contribution in [0.4, 0.5) is 0 Å². The van der Waals surface area contributed by atoms with E-state index in [0.717, 1.165) is 22.6 Å². The van der Waals surface area contributed by atoms with Gasteiger partial charge in [0.1, 0.15) is 11.5 Å². The molecule has 0 heterocycles. The summed E-state index contributed by atoms with van der Waals surface area (Å²) in [6, 6.07) is 52.8. The van der Waals surface area contributed by atoms with Gasteiger partial charge in [-0.1, -0.05) is 133 Å². The molecular weight excluding hydrogens is 558 g/mol. The maximum Gasteiger partial charge on any atom is 0.138 e. The summed E-state index contributed by atoms with van der Waals surface area (Å²) in [4.78, 5) is 0. The molecule has 0 aromatic heterocycles. The molecule has 0 radical (unpaired) electrons. The minimum Gasteiger partial charge on any atom is -0.455 e. The fraction of sp³-hybridized carbons (Fsp3) is 0.100. The summed E-state index contributed by atoms with van der Waals surface area (Å²) in [5.74, 6) is 1.93. The maximum absolute atomic E-state index is 7.29. The Kier molecular flexibility index (Phi) is 8.85. The molecule has 3 heteroatoms. The average molecular weight is 595 g/mol. The molecular formula is C40H36OP2. The minimum atomic E-state index is -0.844. The lowest BCUT2D eigenvalue weighted by atomic mass is 10.1. The molecule has 0 N–H and O–H groups in total. The summed E-state index contributed by atoms with van der Waals surface area (Å²) in [7, 11) is -1.69. The Morgan fingerprint density at radius 3 is 0.930 bits per heavy atom. The molecule has 43 heavy (non-hydrogen) atoms. The minimum absolute atomic E-state index is 0.844. The third-order valence-electron chi connectivity index (χ3n) is 7.54. The van der Waals surface area contributed by atoms with Crippen molar-refractivity contribution < 1.29 is 4.74 Å². The van der Waals surface area contributed by atoms with E-state index in [0.29, 0.717) is 0 Å². The van der Waals surface area contributed by atoms with E-state index in [1.54, 1.807) is 0 Å². The van der Waals surface area contributed by atoms with E-state index in [1.807, 2.05) is 0 Å². The van der Waals surface area contributed by atoms with Crippen LogP contribution in [-0.2, 0) is 0 Å². The topological polar surface area (TPSA) is 9.23 Å². The molecule has 0 fully saturated rings. The van der Waals surface area contributed by atoms with E-state index >= 15 is 0 Å². The van der Waals surface area contributed by atoms with Gasteiger partial charge in [-0.15, -0.1) is 0 Å². The quantitative estimate of drug-likeness (QED) is 0.161. The van der Waals surface area contributed by atoms with Crippen LogP contribution >= 0.6 is 15.8 Å². The highest BCUT2D eigenvalue weighted by Crippen LogP contribution is 2.43. The monoisotopic (exact) mass is 594 g/mol. The van der Waals surface area contributed by atoms with Crippen LogP contribution in [0, 0.1) is 27.7 Å². The first-order valence-electron chi connectivity index (χ1n) is 14.7. The van der Waals surface area contributed by atoms with Gasteiger partial charge in [0.2, 0.25) is 0 Å². The normalized spacial score (nSPS) is 11.2. The summed E-state index contributed by atoms with van der Waals surface area (Å²) in [6.45, 7) is 8.76. The number of benzene rings is 6. The molecule has 0 aliphatic rings. The second-order valence-corrected chi connectivity index (χ2v) is 15.3. The van der Waals surface area contributed by atoms with Gasteiger partial charge in [0.25, 0.3) is 0 Å². The molecule has 6 aromatic carbocycles. The lowest BCUT2D eigenvalue weighted by Crippen LogP contribution is -2.25. The average Bonchev–Trinajstić information content (AvgIpc) is 3.02. The van der Waals surface area contributed by atoms with Gasteiger partial charge in [0.15, 0.2) is 0 Å². The standard InChI is InChI=1S/C40H36OP2/c1-29-25-31(3)39(37(27-29)42(33-17-9-5-10-18-33)34-19-11-6-12-20-34)41-40-32(4)26-30(2)28-38(40)43(35-21-13-7-14-22-35)36-23-15-8-16-24-36/h5-28H,1-4H3. The molecule has 0 saturated carbocycles. The van der Waals surface area contributed by atoms with Crippen molar-refractivity contribution in [2.24, 2.45) is 0 Å². The van der Waals surface area contributed by atoms with Crippen molar-refractivity contribution in [1.29, 1.82) is 0 Å². The van der Waals surface area contributed by atoms with Crippen molar-refractivity contribution in [3.8, 4) is 11.5 Å². The van der Waals surface area contributed by atoms with Crippen LogP contribution in [0.5, 0.6) is 11.5 Å². The second kappa shape index (κ2) is 13.1. The lowest BCUT2D eigenvalue weighted by molar-refractivity contribution is 0.483. The molecule has 0 unspecified atom stereocenters. The van der Waals surface area contributed by atoms with Crippen LogP contribution in [0.25, 0.3) is 0 Å². The van der Waals surface area contributed by atoms with E-state index in [-0.39, 0.29) is 0 Å².